The predicted octanol–water partition coefficient (Wildman–Crippen LogP) is 9.50. The Morgan fingerprint density at radius 3 is 1.73 bits per heavy atom. The molecule has 3 nitrogen and oxygen atoms in total. The van der Waals surface area contributed by atoms with E-state index in [9.17, 15) is 0 Å². The molecule has 0 amide bonds. The molecule has 6 rings (SSSR count). The quantitative estimate of drug-likeness (QED) is 0.229. The molecule has 5 aromatic carbocycles. The molecule has 1 aromatic heterocycles. The summed E-state index contributed by atoms with van der Waals surface area (Å²) in [7, 11) is 0. The zero-order chi connectivity index (χ0) is 25.2. The van der Waals surface area contributed by atoms with Gasteiger partial charge < -0.3 is 0 Å². The minimum atomic E-state index is 0.383. The average Bonchev–Trinajstić information content (AvgIpc) is 2.97. The molecular formula is C33H20ClN3. The molecule has 0 radical (unpaired) electrons. The van der Waals surface area contributed by atoms with E-state index in [4.69, 9.17) is 28.1 Å². The molecule has 4 heteroatoms. The van der Waals surface area contributed by atoms with Gasteiger partial charge in [-0.1, -0.05) is 115 Å². The molecule has 0 fully saturated rings. The second-order valence-electron chi connectivity index (χ2n) is 8.69. The Kier molecular flexibility index (Phi) is 5.94. The van der Waals surface area contributed by atoms with Crippen LogP contribution in [0.5, 0.6) is 0 Å². The molecule has 0 saturated heterocycles. The third-order valence-electron chi connectivity index (χ3n) is 6.38. The van der Waals surface area contributed by atoms with E-state index in [1.54, 1.807) is 12.1 Å². The van der Waals surface area contributed by atoms with Crippen LogP contribution in [0.3, 0.4) is 0 Å². The van der Waals surface area contributed by atoms with Crippen LogP contribution in [-0.4, -0.2) is 9.97 Å². The first-order valence-electron chi connectivity index (χ1n) is 11.9. The Hall–Kier alpha value is -4.78. The number of benzene rings is 5. The molecule has 0 unspecified atom stereocenters. The highest BCUT2D eigenvalue weighted by Gasteiger charge is 2.17. The van der Waals surface area contributed by atoms with Gasteiger partial charge >= 0.3 is 0 Å². The summed E-state index contributed by atoms with van der Waals surface area (Å²) in [5.41, 5.74) is 8.28. The van der Waals surface area contributed by atoms with Gasteiger partial charge in [-0.25, -0.2) is 14.8 Å². The molecular weight excluding hydrogens is 474 g/mol. The molecule has 37 heavy (non-hydrogen) atoms. The Bertz CT molecular complexity index is 1770. The van der Waals surface area contributed by atoms with Crippen LogP contribution in [0.1, 0.15) is 0 Å². The minimum Gasteiger partial charge on any atom is -0.237 e. The highest BCUT2D eigenvalue weighted by molar-refractivity contribution is 6.33. The van der Waals surface area contributed by atoms with E-state index in [-0.39, 0.29) is 0 Å². The maximum Gasteiger partial charge on any atom is 0.206 e. The standard InChI is InChI=1S/C33H20ClN3/c1-35-31-19-25(17-18-29(31)34)33-36-30-21-27(23-13-7-3-8-14-23)26(22-11-5-2-6-12-22)20-28(30)32(37-33)24-15-9-4-10-16-24/h2-21H. The molecule has 1 heterocycles. The van der Waals surface area contributed by atoms with Crippen LogP contribution in [0, 0.1) is 6.57 Å². The van der Waals surface area contributed by atoms with Crippen molar-refractivity contribution < 1.29 is 0 Å². The van der Waals surface area contributed by atoms with E-state index >= 15 is 0 Å². The van der Waals surface area contributed by atoms with E-state index in [0.717, 1.165) is 50.0 Å². The smallest absolute Gasteiger partial charge is 0.206 e. The molecule has 0 atom stereocenters. The van der Waals surface area contributed by atoms with Gasteiger partial charge in [0.2, 0.25) is 5.69 Å². The predicted molar refractivity (Wildman–Crippen MR) is 153 cm³/mol. The summed E-state index contributed by atoms with van der Waals surface area (Å²) < 4.78 is 0. The van der Waals surface area contributed by atoms with Crippen LogP contribution >= 0.6 is 11.6 Å². The molecule has 0 aliphatic heterocycles. The molecule has 0 aliphatic rings. The lowest BCUT2D eigenvalue weighted by atomic mass is 9.91. The van der Waals surface area contributed by atoms with Gasteiger partial charge in [0.1, 0.15) is 0 Å². The topological polar surface area (TPSA) is 30.1 Å². The molecule has 6 aromatic rings. The molecule has 0 saturated carbocycles. The number of hydrogen-bond acceptors (Lipinski definition) is 2. The number of fused-ring (bicyclic) bond motifs is 1. The van der Waals surface area contributed by atoms with Crippen molar-refractivity contribution >= 4 is 28.2 Å². The first-order chi connectivity index (χ1) is 18.2. The second kappa shape index (κ2) is 9.70. The molecule has 174 valence electrons. The van der Waals surface area contributed by atoms with Gasteiger partial charge in [-0.05, 0) is 40.5 Å². The third kappa shape index (κ3) is 4.36. The zero-order valence-corrected chi connectivity index (χ0v) is 20.5. The van der Waals surface area contributed by atoms with Crippen molar-refractivity contribution in [3.8, 4) is 44.9 Å². The lowest BCUT2D eigenvalue weighted by Gasteiger charge is -2.15. The van der Waals surface area contributed by atoms with Crippen molar-refractivity contribution in [2.75, 3.05) is 0 Å². The van der Waals surface area contributed by atoms with Crippen LogP contribution < -0.4 is 0 Å². The van der Waals surface area contributed by atoms with Crippen molar-refractivity contribution in [1.29, 1.82) is 0 Å². The van der Waals surface area contributed by atoms with Gasteiger partial charge in [-0.2, -0.15) is 0 Å². The first-order valence-corrected chi connectivity index (χ1v) is 12.3. The number of aromatic nitrogens is 2. The van der Waals surface area contributed by atoms with Crippen LogP contribution in [0.15, 0.2) is 121 Å². The summed E-state index contributed by atoms with van der Waals surface area (Å²) in [5.74, 6) is 0.555. The van der Waals surface area contributed by atoms with Gasteiger partial charge in [0.15, 0.2) is 5.82 Å². The summed E-state index contributed by atoms with van der Waals surface area (Å²) in [4.78, 5) is 13.6. The number of rotatable bonds is 4. The van der Waals surface area contributed by atoms with Gasteiger partial charge in [0, 0.05) is 21.5 Å². The second-order valence-corrected chi connectivity index (χ2v) is 9.09. The first kappa shape index (κ1) is 22.7. The van der Waals surface area contributed by atoms with Crippen molar-refractivity contribution in [1.82, 2.24) is 9.97 Å². The van der Waals surface area contributed by atoms with Gasteiger partial charge in [-0.3, -0.25) is 0 Å². The highest BCUT2D eigenvalue weighted by Crippen LogP contribution is 2.39. The van der Waals surface area contributed by atoms with Crippen LogP contribution in [-0.2, 0) is 0 Å². The van der Waals surface area contributed by atoms with Crippen molar-refractivity contribution in [3.63, 3.8) is 0 Å². The third-order valence-corrected chi connectivity index (χ3v) is 6.70. The Morgan fingerprint density at radius 2 is 1.14 bits per heavy atom. The van der Waals surface area contributed by atoms with E-state index in [1.807, 2.05) is 36.4 Å². The zero-order valence-electron chi connectivity index (χ0n) is 19.8. The van der Waals surface area contributed by atoms with E-state index in [0.29, 0.717) is 16.5 Å². The fourth-order valence-electron chi connectivity index (χ4n) is 4.57. The number of halogens is 1. The van der Waals surface area contributed by atoms with Crippen molar-refractivity contribution in [2.24, 2.45) is 0 Å². The maximum absolute atomic E-state index is 7.48. The van der Waals surface area contributed by atoms with Crippen LogP contribution in [0.2, 0.25) is 5.02 Å². The van der Waals surface area contributed by atoms with Crippen LogP contribution in [0.25, 0.3) is 60.6 Å². The van der Waals surface area contributed by atoms with Gasteiger partial charge in [0.25, 0.3) is 0 Å². The fraction of sp³-hybridized carbons (Fsp3) is 0. The highest BCUT2D eigenvalue weighted by atomic mass is 35.5. The number of nitrogens with zero attached hydrogens (tertiary/aromatic N) is 3. The molecule has 0 spiro atoms. The largest absolute Gasteiger partial charge is 0.237 e. The fourth-order valence-corrected chi connectivity index (χ4v) is 4.73. The normalized spacial score (nSPS) is 10.8. The van der Waals surface area contributed by atoms with E-state index in [2.05, 4.69) is 77.6 Å². The average molecular weight is 494 g/mol. The van der Waals surface area contributed by atoms with E-state index in [1.165, 1.54) is 0 Å². The summed E-state index contributed by atoms with van der Waals surface area (Å²) in [6.07, 6.45) is 0. The van der Waals surface area contributed by atoms with Gasteiger partial charge in [0.05, 0.1) is 17.8 Å². The lowest BCUT2D eigenvalue weighted by Crippen LogP contribution is -1.97. The SMILES string of the molecule is [C-]#[N+]c1cc(-c2nc(-c3ccccc3)c3cc(-c4ccccc4)c(-c4ccccc4)cc3n2)ccc1Cl. The van der Waals surface area contributed by atoms with Crippen molar-refractivity contribution in [2.45, 2.75) is 0 Å². The van der Waals surface area contributed by atoms with Gasteiger partial charge in [-0.15, -0.1) is 0 Å². The molecule has 0 aliphatic carbocycles. The summed E-state index contributed by atoms with van der Waals surface area (Å²) >= 11 is 6.22. The summed E-state index contributed by atoms with van der Waals surface area (Å²) in [6.45, 7) is 7.48. The Morgan fingerprint density at radius 1 is 0.568 bits per heavy atom. The minimum absolute atomic E-state index is 0.383. The Labute approximate surface area is 220 Å². The number of hydrogen-bond donors (Lipinski definition) is 0. The van der Waals surface area contributed by atoms with Crippen LogP contribution in [0.4, 0.5) is 5.69 Å². The lowest BCUT2D eigenvalue weighted by molar-refractivity contribution is 1.23. The monoisotopic (exact) mass is 493 g/mol. The summed E-state index contributed by atoms with van der Waals surface area (Å²) in [6, 6.07) is 40.6. The summed E-state index contributed by atoms with van der Waals surface area (Å²) in [5, 5.41) is 1.38. The van der Waals surface area contributed by atoms with Crippen molar-refractivity contribution in [3.05, 3.63) is 138 Å². The maximum atomic E-state index is 7.48. The van der Waals surface area contributed by atoms with E-state index < -0.39 is 0 Å². The molecule has 0 bridgehead atoms. The molecule has 0 N–H and O–H groups in total. The Balaban J connectivity index is 1.69.